The fourth-order valence-electron chi connectivity index (χ4n) is 4.91. The highest BCUT2D eigenvalue weighted by molar-refractivity contribution is 7.71. The molecule has 0 spiro atoms. The number of aromatic nitrogens is 6. The summed E-state index contributed by atoms with van der Waals surface area (Å²) in [5, 5.41) is 34.3. The summed E-state index contributed by atoms with van der Waals surface area (Å²) in [6.07, 6.45) is 0. The Morgan fingerprint density at radius 3 is 1.52 bits per heavy atom. The number of aryl methyl sites for hydroxylation is 2. The molecule has 2 aromatic carbocycles. The summed E-state index contributed by atoms with van der Waals surface area (Å²) < 4.78 is 5.11. The number of aromatic amines is 2. The summed E-state index contributed by atoms with van der Waals surface area (Å²) in [5.74, 6) is 2.23. The van der Waals surface area contributed by atoms with E-state index in [4.69, 9.17) is 24.4 Å². The number of rotatable bonds is 6. The van der Waals surface area contributed by atoms with Gasteiger partial charge in [-0.3, -0.25) is 19.3 Å². The van der Waals surface area contributed by atoms with Crippen molar-refractivity contribution < 1.29 is 10.2 Å². The number of benzene rings is 2. The number of phenols is 2. The monoisotopic (exact) mass is 582 g/mol. The number of nitrogens with one attached hydrogen (secondary N) is 2. The van der Waals surface area contributed by atoms with Crippen molar-refractivity contribution in [3.63, 3.8) is 0 Å². The lowest BCUT2D eigenvalue weighted by Crippen LogP contribution is -2.05. The molecule has 0 saturated heterocycles. The molecule has 216 valence electrons. The van der Waals surface area contributed by atoms with Crippen LogP contribution in [0.2, 0.25) is 0 Å². The van der Waals surface area contributed by atoms with E-state index in [9.17, 15) is 10.2 Å². The molecule has 4 N–H and O–H groups in total. The Morgan fingerprint density at radius 1 is 0.625 bits per heavy atom. The Balaban J connectivity index is 0.000000220. The summed E-state index contributed by atoms with van der Waals surface area (Å²) in [4.78, 5) is 0. The number of nitrogens with zero attached hydrogens (tertiary/aromatic N) is 4. The molecule has 0 radical (unpaired) electrons. The standard InChI is InChI=1S/C16H23N3S.C14H19N3O2S/c1-9(2)13-8-14(12(6)7-11(13)5)15-17-18-16(20)19(15)10(3)4;1-7(2)9-5-10(12(19)6-11(9)18)13-15-16-14(20)17(13)8(3)4/h7-10H,1-6H3,(H,18,20);5-8,18-19H,1-4H3,(H,16,20). The molecule has 0 unspecified atom stereocenters. The SMILES string of the molecule is CC(C)c1cc(-c2n[nH]c(=S)n2C(C)C)c(O)cc1O.Cc1cc(C)c(C(C)C)cc1-c1n[nH]c(=S)n1C(C)C. The fourth-order valence-corrected chi connectivity index (χ4v) is 5.60. The zero-order chi connectivity index (χ0) is 30.0. The summed E-state index contributed by atoms with van der Waals surface area (Å²) in [7, 11) is 0. The van der Waals surface area contributed by atoms with E-state index in [0.717, 1.165) is 11.4 Å². The molecule has 0 saturated carbocycles. The Bertz CT molecular complexity index is 1490. The molecule has 4 aromatic rings. The lowest BCUT2D eigenvalue weighted by Gasteiger charge is -2.16. The molecule has 0 aliphatic carbocycles. The number of hydrogen-bond donors (Lipinski definition) is 4. The first kappa shape index (κ1) is 31.3. The van der Waals surface area contributed by atoms with Crippen molar-refractivity contribution in [3.8, 4) is 34.3 Å². The molecule has 0 bridgehead atoms. The van der Waals surface area contributed by atoms with Crippen LogP contribution in [0.4, 0.5) is 0 Å². The van der Waals surface area contributed by atoms with Crippen LogP contribution in [0.25, 0.3) is 22.8 Å². The van der Waals surface area contributed by atoms with E-state index in [1.807, 2.05) is 32.3 Å². The first-order valence-corrected chi connectivity index (χ1v) is 14.5. The van der Waals surface area contributed by atoms with Gasteiger partial charge in [-0.1, -0.05) is 33.8 Å². The van der Waals surface area contributed by atoms with Gasteiger partial charge in [-0.2, -0.15) is 10.2 Å². The predicted octanol–water partition coefficient (Wildman–Crippen LogP) is 8.65. The highest BCUT2D eigenvalue weighted by atomic mass is 32.1. The summed E-state index contributed by atoms with van der Waals surface area (Å²) in [5.41, 5.74) is 6.44. The third-order valence-corrected chi connectivity index (χ3v) is 7.50. The minimum Gasteiger partial charge on any atom is -0.508 e. The third-order valence-electron chi connectivity index (χ3n) is 6.93. The predicted molar refractivity (Wildman–Crippen MR) is 167 cm³/mol. The quantitative estimate of drug-likeness (QED) is 0.169. The Morgan fingerprint density at radius 2 is 1.07 bits per heavy atom. The van der Waals surface area contributed by atoms with Crippen molar-refractivity contribution in [2.24, 2.45) is 0 Å². The summed E-state index contributed by atoms with van der Waals surface area (Å²) in [6, 6.07) is 8.03. The van der Waals surface area contributed by atoms with E-state index < -0.39 is 0 Å². The second-order valence-electron chi connectivity index (χ2n) is 11.4. The second kappa shape index (κ2) is 12.5. The van der Waals surface area contributed by atoms with E-state index in [0.29, 0.717) is 32.9 Å². The molecule has 2 heterocycles. The van der Waals surface area contributed by atoms with Crippen molar-refractivity contribution in [2.45, 2.75) is 93.2 Å². The maximum atomic E-state index is 10.1. The van der Waals surface area contributed by atoms with Gasteiger partial charge in [-0.15, -0.1) is 0 Å². The van der Waals surface area contributed by atoms with Gasteiger partial charge in [0.2, 0.25) is 0 Å². The highest BCUT2D eigenvalue weighted by Crippen LogP contribution is 2.37. The molecule has 8 nitrogen and oxygen atoms in total. The molecule has 10 heteroatoms. The molecule has 0 fully saturated rings. The van der Waals surface area contributed by atoms with Gasteiger partial charge in [0.15, 0.2) is 21.2 Å². The minimum absolute atomic E-state index is 0.0113. The van der Waals surface area contributed by atoms with E-state index in [-0.39, 0.29) is 23.5 Å². The van der Waals surface area contributed by atoms with E-state index in [2.05, 4.69) is 78.6 Å². The van der Waals surface area contributed by atoms with Gasteiger partial charge in [0.1, 0.15) is 11.5 Å². The Kier molecular flexibility index (Phi) is 9.79. The van der Waals surface area contributed by atoms with Crippen molar-refractivity contribution in [1.82, 2.24) is 29.5 Å². The molecule has 0 aliphatic rings. The van der Waals surface area contributed by atoms with E-state index in [1.54, 1.807) is 6.07 Å². The van der Waals surface area contributed by atoms with Crippen LogP contribution in [0.3, 0.4) is 0 Å². The van der Waals surface area contributed by atoms with Gasteiger partial charge in [-0.25, -0.2) is 0 Å². The number of phenolic OH excluding ortho intramolecular Hbond substituents is 2. The van der Waals surface area contributed by atoms with Crippen LogP contribution in [0.1, 0.15) is 102 Å². The maximum absolute atomic E-state index is 10.1. The van der Waals surface area contributed by atoms with Gasteiger partial charge in [-0.05, 0) is 112 Å². The van der Waals surface area contributed by atoms with Crippen LogP contribution in [0.15, 0.2) is 24.3 Å². The summed E-state index contributed by atoms with van der Waals surface area (Å²) >= 11 is 10.6. The van der Waals surface area contributed by atoms with Crippen LogP contribution in [-0.4, -0.2) is 39.7 Å². The van der Waals surface area contributed by atoms with Gasteiger partial charge >= 0.3 is 0 Å². The molecular formula is C30H42N6O2S2. The van der Waals surface area contributed by atoms with Crippen molar-refractivity contribution in [1.29, 1.82) is 0 Å². The first-order chi connectivity index (χ1) is 18.6. The molecule has 4 rings (SSSR count). The second-order valence-corrected chi connectivity index (χ2v) is 12.2. The average Bonchev–Trinajstić information content (AvgIpc) is 3.41. The molecule has 0 amide bonds. The number of H-pyrrole nitrogens is 2. The first-order valence-electron chi connectivity index (χ1n) is 13.7. The van der Waals surface area contributed by atoms with E-state index >= 15 is 0 Å². The zero-order valence-corrected chi connectivity index (χ0v) is 26.8. The smallest absolute Gasteiger partial charge is 0.195 e. The normalized spacial score (nSPS) is 11.6. The lowest BCUT2D eigenvalue weighted by molar-refractivity contribution is 0.444. The van der Waals surface area contributed by atoms with Crippen molar-refractivity contribution >= 4 is 24.4 Å². The van der Waals surface area contributed by atoms with Crippen LogP contribution < -0.4 is 0 Å². The molecule has 2 aromatic heterocycles. The average molecular weight is 583 g/mol. The lowest BCUT2D eigenvalue weighted by atomic mass is 9.92. The van der Waals surface area contributed by atoms with Crippen molar-refractivity contribution in [2.75, 3.05) is 0 Å². The summed E-state index contributed by atoms with van der Waals surface area (Å²) in [6.45, 7) is 21.0. The van der Waals surface area contributed by atoms with Crippen LogP contribution in [0, 0.1) is 23.4 Å². The van der Waals surface area contributed by atoms with Gasteiger partial charge in [0.05, 0.1) is 5.56 Å². The molecule has 0 atom stereocenters. The molecular weight excluding hydrogens is 541 g/mol. The largest absolute Gasteiger partial charge is 0.508 e. The Labute approximate surface area is 247 Å². The Hall–Kier alpha value is -3.24. The van der Waals surface area contributed by atoms with Crippen LogP contribution in [-0.2, 0) is 0 Å². The van der Waals surface area contributed by atoms with Crippen molar-refractivity contribution in [3.05, 3.63) is 56.1 Å². The van der Waals surface area contributed by atoms with Gasteiger partial charge in [0.25, 0.3) is 0 Å². The van der Waals surface area contributed by atoms with E-state index in [1.165, 1.54) is 28.3 Å². The maximum Gasteiger partial charge on any atom is 0.195 e. The molecule has 0 aliphatic heterocycles. The zero-order valence-electron chi connectivity index (χ0n) is 25.1. The van der Waals surface area contributed by atoms with Gasteiger partial charge in [0, 0.05) is 23.7 Å². The third kappa shape index (κ3) is 6.39. The number of hydrogen-bond acceptors (Lipinski definition) is 6. The topological polar surface area (TPSA) is 108 Å². The molecule has 40 heavy (non-hydrogen) atoms. The number of aromatic hydroxyl groups is 2. The van der Waals surface area contributed by atoms with Crippen LogP contribution in [0.5, 0.6) is 11.5 Å². The minimum atomic E-state index is -0.0113. The van der Waals surface area contributed by atoms with Crippen LogP contribution >= 0.6 is 24.4 Å². The highest BCUT2D eigenvalue weighted by Gasteiger charge is 2.19. The fraction of sp³-hybridized carbons (Fsp3) is 0.467. The van der Waals surface area contributed by atoms with Gasteiger partial charge < -0.3 is 10.2 Å².